The van der Waals surface area contributed by atoms with Crippen LogP contribution >= 0.6 is 0 Å². The smallest absolute Gasteiger partial charge is 0.0637 e. The number of fused-ring (bicyclic) bond motifs is 5. The van der Waals surface area contributed by atoms with Crippen molar-refractivity contribution >= 4 is 0 Å². The number of azide groups is 3. The van der Waals surface area contributed by atoms with Crippen LogP contribution in [0.3, 0.4) is 0 Å². The average Bonchev–Trinajstić information content (AvgIpc) is 3.41. The van der Waals surface area contributed by atoms with E-state index in [1.165, 1.54) is 12.8 Å². The van der Waals surface area contributed by atoms with Crippen molar-refractivity contribution in [1.29, 1.82) is 0 Å². The summed E-state index contributed by atoms with van der Waals surface area (Å²) in [4.78, 5) is 8.71. The van der Waals surface area contributed by atoms with E-state index in [-0.39, 0.29) is 35.7 Å². The van der Waals surface area contributed by atoms with Crippen molar-refractivity contribution in [1.82, 2.24) is 0 Å². The highest BCUT2D eigenvalue weighted by Crippen LogP contribution is 2.69. The van der Waals surface area contributed by atoms with Crippen LogP contribution in [0, 0.1) is 46.3 Å². The van der Waals surface area contributed by atoms with Gasteiger partial charge in [0.05, 0.1) is 18.3 Å². The molecule has 46 heavy (non-hydrogen) atoms. The summed E-state index contributed by atoms with van der Waals surface area (Å²) in [6.07, 6.45) is 12.0. The maximum Gasteiger partial charge on any atom is 0.0637 e. The van der Waals surface area contributed by atoms with Gasteiger partial charge in [0.25, 0.3) is 0 Å². The predicted molar refractivity (Wildman–Crippen MR) is 177 cm³/mol. The van der Waals surface area contributed by atoms with Crippen LogP contribution in [0.5, 0.6) is 0 Å². The van der Waals surface area contributed by atoms with E-state index in [0.29, 0.717) is 75.0 Å². The van der Waals surface area contributed by atoms with Crippen molar-refractivity contribution in [3.63, 3.8) is 0 Å². The summed E-state index contributed by atoms with van der Waals surface area (Å²) >= 11 is 0. The van der Waals surface area contributed by atoms with Crippen LogP contribution in [0.1, 0.15) is 97.8 Å². The lowest BCUT2D eigenvalue weighted by Crippen LogP contribution is -2.63. The van der Waals surface area contributed by atoms with E-state index < -0.39 is 0 Å². The summed E-state index contributed by atoms with van der Waals surface area (Å²) < 4.78 is 20.1. The molecule has 0 spiro atoms. The third-order valence-corrected chi connectivity index (χ3v) is 12.7. The molecule has 0 aromatic heterocycles. The highest BCUT2D eigenvalue weighted by Gasteiger charge is 2.66. The lowest BCUT2D eigenvalue weighted by Gasteiger charge is -2.65. The van der Waals surface area contributed by atoms with Crippen LogP contribution in [0.4, 0.5) is 0 Å². The minimum Gasteiger partial charge on any atom is -0.396 e. The van der Waals surface area contributed by atoms with Crippen molar-refractivity contribution in [2.45, 2.75) is 116 Å². The second-order valence-electron chi connectivity index (χ2n) is 14.8. The fraction of sp³-hybridized carbons (Fsp3) is 1.00. The van der Waals surface area contributed by atoms with Crippen molar-refractivity contribution in [3.8, 4) is 0 Å². The summed E-state index contributed by atoms with van der Waals surface area (Å²) in [6.45, 7) is 10.8. The third-order valence-electron chi connectivity index (χ3n) is 12.7. The Kier molecular flexibility index (Phi) is 14.2. The van der Waals surface area contributed by atoms with Gasteiger partial charge in [-0.3, -0.25) is 0 Å². The Bertz CT molecular complexity index is 1110. The summed E-state index contributed by atoms with van der Waals surface area (Å²) in [5, 5.41) is 20.8. The fourth-order valence-corrected chi connectivity index (χ4v) is 10.5. The minimum absolute atomic E-state index is 0.00331. The molecule has 11 atom stereocenters. The number of nitrogens with zero attached hydrogens (tertiary/aromatic N) is 9. The van der Waals surface area contributed by atoms with E-state index in [1.807, 2.05) is 0 Å². The van der Waals surface area contributed by atoms with E-state index in [1.54, 1.807) is 0 Å². The topological polar surface area (TPSA) is 194 Å². The number of rotatable bonds is 19. The standard InChI is InChI=1S/C33H57N9O4/c1-23(8-4-16-43)26-9-10-27-31-28(22-30(33(26,27)3)46-19-7-15-39-42-36)32(2)12-11-25(44-17-5-13-37-40-34)20-24(32)21-29(31)45-18-6-14-38-41-35/h23-31,43H,4-22H2,1-3H3/t23?,24?,25-,26?,27+,28+,29-,30+,31?,32+,33-/m1/s1. The molecule has 4 fully saturated rings. The molecular formula is C33H57N9O4. The zero-order valence-corrected chi connectivity index (χ0v) is 28.3. The van der Waals surface area contributed by atoms with Gasteiger partial charge in [0.2, 0.25) is 0 Å². The number of hydrogen-bond acceptors (Lipinski definition) is 7. The van der Waals surface area contributed by atoms with Crippen molar-refractivity contribution in [2.75, 3.05) is 46.1 Å². The number of aliphatic hydroxyl groups excluding tert-OH is 1. The zero-order chi connectivity index (χ0) is 33.0. The first-order valence-electron chi connectivity index (χ1n) is 17.8. The van der Waals surface area contributed by atoms with Crippen LogP contribution in [0.25, 0.3) is 31.3 Å². The second kappa shape index (κ2) is 17.8. The molecule has 4 aliphatic carbocycles. The van der Waals surface area contributed by atoms with Gasteiger partial charge in [-0.05, 0) is 135 Å². The number of aliphatic hydroxyl groups is 1. The van der Waals surface area contributed by atoms with E-state index in [4.69, 9.17) is 30.8 Å². The molecule has 13 heteroatoms. The summed E-state index contributed by atoms with van der Waals surface area (Å²) in [6, 6.07) is 0. The van der Waals surface area contributed by atoms with Gasteiger partial charge in [0.15, 0.2) is 0 Å². The largest absolute Gasteiger partial charge is 0.396 e. The number of ether oxygens (including phenoxy) is 3. The van der Waals surface area contributed by atoms with Crippen LogP contribution < -0.4 is 0 Å². The van der Waals surface area contributed by atoms with Gasteiger partial charge in [0, 0.05) is 66.2 Å². The van der Waals surface area contributed by atoms with E-state index >= 15 is 0 Å². The molecular weight excluding hydrogens is 586 g/mol. The highest BCUT2D eigenvalue weighted by molar-refractivity contribution is 5.15. The normalized spacial score (nSPS) is 37.0. The minimum atomic E-state index is -0.00331. The molecule has 4 aliphatic rings. The molecule has 0 saturated heterocycles. The van der Waals surface area contributed by atoms with Crippen molar-refractivity contribution in [2.24, 2.45) is 61.7 Å². The van der Waals surface area contributed by atoms with Gasteiger partial charge < -0.3 is 19.3 Å². The van der Waals surface area contributed by atoms with Gasteiger partial charge in [-0.2, -0.15) is 0 Å². The van der Waals surface area contributed by atoms with Gasteiger partial charge in [0.1, 0.15) is 0 Å². The van der Waals surface area contributed by atoms with E-state index in [2.05, 4.69) is 50.8 Å². The molecule has 0 bridgehead atoms. The Morgan fingerprint density at radius 3 is 2.04 bits per heavy atom. The SMILES string of the molecule is CC(CCCO)C1CC[C@H]2C3[C@H](OCCCN=[N+]=[N-])CC4C[C@H](OCCCN=[N+]=[N-])CC[C@]4(C)[C@H]3C[C@H](OCCCN=[N+]=[N-])[C@]12C. The second-order valence-corrected chi connectivity index (χ2v) is 14.8. The van der Waals surface area contributed by atoms with Crippen molar-refractivity contribution < 1.29 is 19.3 Å². The highest BCUT2D eigenvalue weighted by atomic mass is 16.5. The van der Waals surface area contributed by atoms with Gasteiger partial charge in [-0.1, -0.05) is 36.1 Å². The van der Waals surface area contributed by atoms with Gasteiger partial charge in [-0.25, -0.2) is 0 Å². The van der Waals surface area contributed by atoms with Gasteiger partial charge in [-0.15, -0.1) is 0 Å². The molecule has 0 amide bonds. The Hall–Kier alpha value is -2.23. The summed E-state index contributed by atoms with van der Waals surface area (Å²) in [5.74, 6) is 2.86. The molecule has 4 unspecified atom stereocenters. The zero-order valence-electron chi connectivity index (χ0n) is 28.3. The lowest BCUT2D eigenvalue weighted by molar-refractivity contribution is -0.227. The first-order valence-corrected chi connectivity index (χ1v) is 17.8. The molecule has 0 radical (unpaired) electrons. The molecule has 13 nitrogen and oxygen atoms in total. The molecule has 0 aromatic rings. The van der Waals surface area contributed by atoms with Crippen LogP contribution in [0.2, 0.25) is 0 Å². The molecule has 4 rings (SSSR count). The fourth-order valence-electron chi connectivity index (χ4n) is 10.5. The van der Waals surface area contributed by atoms with Gasteiger partial charge >= 0.3 is 0 Å². The monoisotopic (exact) mass is 643 g/mol. The Balaban J connectivity index is 1.61. The maximum atomic E-state index is 9.63. The Morgan fingerprint density at radius 2 is 1.41 bits per heavy atom. The lowest BCUT2D eigenvalue weighted by atomic mass is 9.43. The Labute approximate surface area is 274 Å². The average molecular weight is 644 g/mol. The van der Waals surface area contributed by atoms with Crippen LogP contribution in [-0.4, -0.2) is 69.5 Å². The first kappa shape index (κ1) is 36.6. The van der Waals surface area contributed by atoms with Crippen LogP contribution in [0.15, 0.2) is 15.3 Å². The molecule has 4 saturated carbocycles. The van der Waals surface area contributed by atoms with Crippen molar-refractivity contribution in [3.05, 3.63) is 31.3 Å². The van der Waals surface area contributed by atoms with E-state index in [0.717, 1.165) is 64.2 Å². The third kappa shape index (κ3) is 8.24. The quantitative estimate of drug-likeness (QED) is 0.0637. The Morgan fingerprint density at radius 1 is 0.783 bits per heavy atom. The molecule has 0 heterocycles. The first-order chi connectivity index (χ1) is 22.3. The number of hydrogen-bond donors (Lipinski definition) is 1. The predicted octanol–water partition coefficient (Wildman–Crippen LogP) is 8.53. The molecule has 258 valence electrons. The molecule has 0 aromatic carbocycles. The van der Waals surface area contributed by atoms with E-state index in [9.17, 15) is 5.11 Å². The van der Waals surface area contributed by atoms with Crippen LogP contribution in [-0.2, 0) is 14.2 Å². The molecule has 0 aliphatic heterocycles. The maximum absolute atomic E-state index is 9.63. The summed E-state index contributed by atoms with van der Waals surface area (Å²) in [5.41, 5.74) is 26.3. The molecule has 1 N–H and O–H groups in total. The summed E-state index contributed by atoms with van der Waals surface area (Å²) in [7, 11) is 0.